The topological polar surface area (TPSA) is 74.1 Å². The molecule has 0 aromatic heterocycles. The number of amides is 1. The molecule has 0 aromatic carbocycles. The Morgan fingerprint density at radius 2 is 1.71 bits per heavy atom. The number of hydrogen-bond donors (Lipinski definition) is 2. The molecule has 0 aromatic rings. The summed E-state index contributed by atoms with van der Waals surface area (Å²) >= 11 is 0. The van der Waals surface area contributed by atoms with Crippen LogP contribution in [0.25, 0.3) is 0 Å². The molecule has 0 fully saturated rings. The summed E-state index contributed by atoms with van der Waals surface area (Å²) in [5, 5.41) is 20.6. The lowest BCUT2D eigenvalue weighted by Crippen LogP contribution is -2.39. The van der Waals surface area contributed by atoms with Gasteiger partial charge in [0.2, 0.25) is 0 Å². The Kier molecular flexibility index (Phi) is 3.32. The van der Waals surface area contributed by atoms with Gasteiger partial charge >= 0.3 is 0 Å². The van der Waals surface area contributed by atoms with E-state index in [0.717, 1.165) is 0 Å². The average molecular weight is 239 g/mol. The summed E-state index contributed by atoms with van der Waals surface area (Å²) in [6.07, 6.45) is 0. The lowest BCUT2D eigenvalue weighted by molar-refractivity contribution is -0.117. The molecule has 1 heterocycles. The first-order valence-corrected chi connectivity index (χ1v) is 5.69. The van der Waals surface area contributed by atoms with Crippen LogP contribution in [0.1, 0.15) is 41.5 Å². The molecule has 2 N–H and O–H groups in total. The standard InChI is InChI=1S/C12H21N3O2/c1-11(2,3)9-8(16)7(10(17)13-9)14-15-12(4,5)6/h9,16H,1-6H3,(H,13,17)/b15-14+. The smallest absolute Gasteiger partial charge is 0.275 e. The van der Waals surface area contributed by atoms with Gasteiger partial charge in [-0.3, -0.25) is 4.79 Å². The highest BCUT2D eigenvalue weighted by Gasteiger charge is 2.39. The predicted molar refractivity (Wildman–Crippen MR) is 65.6 cm³/mol. The number of nitrogens with zero attached hydrogens (tertiary/aromatic N) is 2. The van der Waals surface area contributed by atoms with Gasteiger partial charge in [-0.05, 0) is 26.2 Å². The van der Waals surface area contributed by atoms with Gasteiger partial charge in [0.05, 0.1) is 11.6 Å². The molecule has 0 bridgehead atoms. The van der Waals surface area contributed by atoms with Crippen molar-refractivity contribution in [2.45, 2.75) is 53.1 Å². The summed E-state index contributed by atoms with van der Waals surface area (Å²) in [4.78, 5) is 11.7. The number of azo groups is 1. The maximum absolute atomic E-state index is 11.7. The number of aliphatic hydroxyl groups excluding tert-OH is 1. The SMILES string of the molecule is CC(C)(C)/N=N/C1=C(O)C(C(C)(C)C)NC1=O. The van der Waals surface area contributed by atoms with Gasteiger partial charge in [-0.25, -0.2) is 0 Å². The summed E-state index contributed by atoms with van der Waals surface area (Å²) in [5.41, 5.74) is -0.591. The molecule has 1 aliphatic heterocycles. The van der Waals surface area contributed by atoms with Crippen LogP contribution in [0, 0.1) is 5.41 Å². The molecule has 96 valence electrons. The minimum absolute atomic E-state index is 0.0181. The van der Waals surface area contributed by atoms with Crippen LogP contribution in [0.3, 0.4) is 0 Å². The van der Waals surface area contributed by atoms with E-state index in [1.807, 2.05) is 41.5 Å². The maximum Gasteiger partial charge on any atom is 0.275 e. The summed E-state index contributed by atoms with van der Waals surface area (Å²) in [5.74, 6) is -0.383. The van der Waals surface area contributed by atoms with Gasteiger partial charge in [-0.15, -0.1) is 5.11 Å². The Bertz CT molecular complexity index is 384. The minimum atomic E-state index is -0.399. The Balaban J connectivity index is 3.03. The van der Waals surface area contributed by atoms with E-state index in [0.29, 0.717) is 0 Å². The van der Waals surface area contributed by atoms with E-state index in [4.69, 9.17) is 0 Å². The van der Waals surface area contributed by atoms with Crippen molar-refractivity contribution in [1.29, 1.82) is 0 Å². The highest BCUT2D eigenvalue weighted by molar-refractivity contribution is 5.96. The van der Waals surface area contributed by atoms with Gasteiger partial charge in [-0.2, -0.15) is 5.11 Å². The first kappa shape index (κ1) is 13.7. The molecule has 0 aliphatic carbocycles. The van der Waals surface area contributed by atoms with Crippen molar-refractivity contribution < 1.29 is 9.90 Å². The first-order chi connectivity index (χ1) is 7.52. The Morgan fingerprint density at radius 3 is 2.06 bits per heavy atom. The summed E-state index contributed by atoms with van der Waals surface area (Å²) in [7, 11) is 0. The fraction of sp³-hybridized carbons (Fsp3) is 0.750. The molecule has 0 saturated carbocycles. The second-order valence-corrected chi connectivity index (χ2v) is 6.38. The molecule has 0 saturated heterocycles. The number of carbonyl (C=O) groups is 1. The van der Waals surface area contributed by atoms with E-state index in [1.165, 1.54) is 0 Å². The van der Waals surface area contributed by atoms with Crippen molar-refractivity contribution in [3.63, 3.8) is 0 Å². The van der Waals surface area contributed by atoms with Gasteiger partial charge in [0, 0.05) is 0 Å². The zero-order chi connectivity index (χ0) is 13.4. The molecule has 0 radical (unpaired) electrons. The quantitative estimate of drug-likeness (QED) is 0.690. The third-order valence-electron chi connectivity index (χ3n) is 2.32. The number of hydrogen-bond acceptors (Lipinski definition) is 4. The van der Waals surface area contributed by atoms with E-state index in [2.05, 4.69) is 15.5 Å². The average Bonchev–Trinajstić information content (AvgIpc) is 2.37. The molecule has 17 heavy (non-hydrogen) atoms. The van der Waals surface area contributed by atoms with Crippen molar-refractivity contribution in [1.82, 2.24) is 5.32 Å². The number of carbonyl (C=O) groups excluding carboxylic acids is 1. The molecule has 1 unspecified atom stereocenters. The van der Waals surface area contributed by atoms with Crippen molar-refractivity contribution in [3.05, 3.63) is 11.5 Å². The van der Waals surface area contributed by atoms with Crippen LogP contribution in [0.15, 0.2) is 21.7 Å². The van der Waals surface area contributed by atoms with Crippen LogP contribution in [0.2, 0.25) is 0 Å². The van der Waals surface area contributed by atoms with Crippen molar-refractivity contribution in [2.75, 3.05) is 0 Å². The van der Waals surface area contributed by atoms with Crippen molar-refractivity contribution in [2.24, 2.45) is 15.6 Å². The van der Waals surface area contributed by atoms with Crippen LogP contribution in [-0.4, -0.2) is 22.6 Å². The van der Waals surface area contributed by atoms with Gasteiger partial charge in [0.15, 0.2) is 5.70 Å². The normalized spacial score (nSPS) is 22.5. The lowest BCUT2D eigenvalue weighted by Gasteiger charge is -2.26. The molecule has 1 atom stereocenters. The second kappa shape index (κ2) is 4.13. The van der Waals surface area contributed by atoms with Gasteiger partial charge in [-0.1, -0.05) is 20.8 Å². The summed E-state index contributed by atoms with van der Waals surface area (Å²) < 4.78 is 0. The molecule has 1 aliphatic rings. The zero-order valence-corrected chi connectivity index (χ0v) is 11.3. The fourth-order valence-electron chi connectivity index (χ4n) is 1.44. The number of nitrogens with one attached hydrogen (secondary N) is 1. The third kappa shape index (κ3) is 3.28. The van der Waals surface area contributed by atoms with Crippen molar-refractivity contribution in [3.8, 4) is 0 Å². The van der Waals surface area contributed by atoms with Crippen LogP contribution in [0.4, 0.5) is 0 Å². The van der Waals surface area contributed by atoms with E-state index < -0.39 is 6.04 Å². The van der Waals surface area contributed by atoms with Gasteiger partial charge in [0.1, 0.15) is 5.76 Å². The first-order valence-electron chi connectivity index (χ1n) is 5.69. The van der Waals surface area contributed by atoms with Crippen molar-refractivity contribution >= 4 is 5.91 Å². The third-order valence-corrected chi connectivity index (χ3v) is 2.32. The Morgan fingerprint density at radius 1 is 1.18 bits per heavy atom. The highest BCUT2D eigenvalue weighted by atomic mass is 16.3. The van der Waals surface area contributed by atoms with Crippen LogP contribution < -0.4 is 5.32 Å². The Labute approximate surface area is 102 Å². The molecule has 1 amide bonds. The summed E-state index contributed by atoms with van der Waals surface area (Å²) in [6.45, 7) is 11.5. The highest BCUT2D eigenvalue weighted by Crippen LogP contribution is 2.30. The van der Waals surface area contributed by atoms with Gasteiger partial charge < -0.3 is 10.4 Å². The lowest BCUT2D eigenvalue weighted by atomic mass is 9.86. The van der Waals surface area contributed by atoms with E-state index in [-0.39, 0.29) is 28.3 Å². The molecule has 5 nitrogen and oxygen atoms in total. The van der Waals surface area contributed by atoms with E-state index in [9.17, 15) is 9.90 Å². The van der Waals surface area contributed by atoms with Crippen LogP contribution in [-0.2, 0) is 4.79 Å². The largest absolute Gasteiger partial charge is 0.508 e. The monoisotopic (exact) mass is 239 g/mol. The molecular weight excluding hydrogens is 218 g/mol. The summed E-state index contributed by atoms with van der Waals surface area (Å²) in [6, 6.07) is -0.399. The number of rotatable bonds is 1. The van der Waals surface area contributed by atoms with Crippen LogP contribution in [0.5, 0.6) is 0 Å². The van der Waals surface area contributed by atoms with E-state index in [1.54, 1.807) is 0 Å². The Hall–Kier alpha value is -1.39. The zero-order valence-electron chi connectivity index (χ0n) is 11.3. The van der Waals surface area contributed by atoms with Crippen LogP contribution >= 0.6 is 0 Å². The second-order valence-electron chi connectivity index (χ2n) is 6.38. The molecular formula is C12H21N3O2. The van der Waals surface area contributed by atoms with Gasteiger partial charge in [0.25, 0.3) is 5.91 Å². The predicted octanol–water partition coefficient (Wildman–Crippen LogP) is 2.55. The maximum atomic E-state index is 11.7. The molecule has 5 heteroatoms. The molecule has 1 rings (SSSR count). The minimum Gasteiger partial charge on any atom is -0.508 e. The fourth-order valence-corrected chi connectivity index (χ4v) is 1.44. The number of aliphatic hydroxyl groups is 1. The molecule has 0 spiro atoms. The van der Waals surface area contributed by atoms with E-state index >= 15 is 0 Å².